The predicted molar refractivity (Wildman–Crippen MR) is 51.6 cm³/mol. The minimum absolute atomic E-state index is 0.211. The first kappa shape index (κ1) is 10.5. The number of hydrogen-bond acceptors (Lipinski definition) is 3. The molecule has 0 heterocycles. The van der Waals surface area contributed by atoms with Crippen molar-refractivity contribution in [2.24, 2.45) is 5.73 Å². The molecule has 0 radical (unpaired) electrons. The average molecular weight is 197 g/mol. The maximum absolute atomic E-state index is 13.0. The van der Waals surface area contributed by atoms with Crippen LogP contribution in [0.4, 0.5) is 4.39 Å². The maximum atomic E-state index is 13.0. The first-order chi connectivity index (χ1) is 6.54. The molecular weight excluding hydrogens is 185 g/mol. The Morgan fingerprint density at radius 3 is 2.71 bits per heavy atom. The second-order valence-corrected chi connectivity index (χ2v) is 2.89. The molecular formula is C10H12FNO2. The molecule has 14 heavy (non-hydrogen) atoms. The molecule has 0 saturated carbocycles. The van der Waals surface area contributed by atoms with Crippen LogP contribution in [0, 0.1) is 5.82 Å². The summed E-state index contributed by atoms with van der Waals surface area (Å²) in [4.78, 5) is 0. The van der Waals surface area contributed by atoms with E-state index < -0.39 is 11.9 Å². The molecule has 0 aromatic heterocycles. The van der Waals surface area contributed by atoms with E-state index in [-0.39, 0.29) is 5.76 Å². The number of aliphatic hydroxyl groups is 1. The van der Waals surface area contributed by atoms with Crippen LogP contribution in [-0.4, -0.2) is 12.2 Å². The summed E-state index contributed by atoms with van der Waals surface area (Å²) < 4.78 is 17.9. The smallest absolute Gasteiger partial charge is 0.127 e. The third-order valence-electron chi connectivity index (χ3n) is 1.85. The number of hydrogen-bond donors (Lipinski definition) is 2. The predicted octanol–water partition coefficient (Wildman–Crippen LogP) is 1.91. The van der Waals surface area contributed by atoms with Crippen LogP contribution in [0.1, 0.15) is 11.6 Å². The van der Waals surface area contributed by atoms with Gasteiger partial charge >= 0.3 is 0 Å². The van der Waals surface area contributed by atoms with Crippen LogP contribution in [0.25, 0.3) is 0 Å². The zero-order chi connectivity index (χ0) is 10.7. The summed E-state index contributed by atoms with van der Waals surface area (Å²) in [5, 5.41) is 9.05. The van der Waals surface area contributed by atoms with E-state index in [0.29, 0.717) is 11.3 Å². The Hall–Kier alpha value is -1.55. The van der Waals surface area contributed by atoms with Gasteiger partial charge in [0.1, 0.15) is 17.3 Å². The Labute approximate surface area is 81.6 Å². The molecule has 4 heteroatoms. The van der Waals surface area contributed by atoms with Gasteiger partial charge in [-0.05, 0) is 17.7 Å². The SMILES string of the molecule is C=C(O)[C@@H](N)c1cc(F)cc(OC)c1. The molecule has 1 aromatic carbocycles. The van der Waals surface area contributed by atoms with E-state index in [0.717, 1.165) is 0 Å². The quantitative estimate of drug-likeness (QED) is 0.728. The molecule has 0 amide bonds. The van der Waals surface area contributed by atoms with Gasteiger partial charge < -0.3 is 15.6 Å². The van der Waals surface area contributed by atoms with Crippen molar-refractivity contribution < 1.29 is 14.2 Å². The number of benzene rings is 1. The first-order valence-electron chi connectivity index (χ1n) is 4.02. The van der Waals surface area contributed by atoms with E-state index in [2.05, 4.69) is 6.58 Å². The summed E-state index contributed by atoms with van der Waals surface area (Å²) in [6.45, 7) is 3.28. The minimum Gasteiger partial charge on any atom is -0.511 e. The van der Waals surface area contributed by atoms with Crippen LogP contribution in [0.5, 0.6) is 5.75 Å². The highest BCUT2D eigenvalue weighted by Gasteiger charge is 2.11. The fourth-order valence-electron chi connectivity index (χ4n) is 1.07. The van der Waals surface area contributed by atoms with Crippen molar-refractivity contribution in [2.45, 2.75) is 6.04 Å². The summed E-state index contributed by atoms with van der Waals surface area (Å²) in [5.41, 5.74) is 5.98. The molecule has 1 atom stereocenters. The van der Waals surface area contributed by atoms with Crippen LogP contribution in [-0.2, 0) is 0 Å². The van der Waals surface area contributed by atoms with Crippen LogP contribution in [0.3, 0.4) is 0 Å². The number of rotatable bonds is 3. The highest BCUT2D eigenvalue weighted by Crippen LogP contribution is 2.22. The Bertz CT molecular complexity index is 352. The Morgan fingerprint density at radius 1 is 1.57 bits per heavy atom. The summed E-state index contributed by atoms with van der Waals surface area (Å²) in [7, 11) is 1.43. The van der Waals surface area contributed by atoms with Gasteiger partial charge in [0, 0.05) is 6.07 Å². The van der Waals surface area contributed by atoms with Gasteiger partial charge in [-0.25, -0.2) is 4.39 Å². The number of ether oxygens (including phenoxy) is 1. The standard InChI is InChI=1S/C10H12FNO2/c1-6(13)10(12)7-3-8(11)5-9(4-7)14-2/h3-5,10,13H,1,12H2,2H3/t10-/m1/s1. The molecule has 0 unspecified atom stereocenters. The molecule has 3 N–H and O–H groups in total. The second kappa shape index (κ2) is 4.11. The third-order valence-corrected chi connectivity index (χ3v) is 1.85. The first-order valence-corrected chi connectivity index (χ1v) is 4.02. The monoisotopic (exact) mass is 197 g/mol. The van der Waals surface area contributed by atoms with Crippen LogP contribution >= 0.6 is 0 Å². The third kappa shape index (κ3) is 2.23. The molecule has 0 spiro atoms. The van der Waals surface area contributed by atoms with E-state index >= 15 is 0 Å². The molecule has 0 aliphatic rings. The lowest BCUT2D eigenvalue weighted by Gasteiger charge is -2.11. The molecule has 0 bridgehead atoms. The fourth-order valence-corrected chi connectivity index (χ4v) is 1.07. The molecule has 0 aliphatic carbocycles. The fraction of sp³-hybridized carbons (Fsp3) is 0.200. The molecule has 1 rings (SSSR count). The summed E-state index contributed by atoms with van der Waals surface area (Å²) in [5.74, 6) is -0.314. The van der Waals surface area contributed by atoms with Gasteiger partial charge in [-0.3, -0.25) is 0 Å². The van der Waals surface area contributed by atoms with Crippen LogP contribution < -0.4 is 10.5 Å². The topological polar surface area (TPSA) is 55.5 Å². The normalized spacial score (nSPS) is 12.2. The summed E-state index contributed by atoms with van der Waals surface area (Å²) in [6, 6.07) is 3.22. The van der Waals surface area contributed by atoms with Crippen molar-refractivity contribution in [1.82, 2.24) is 0 Å². The maximum Gasteiger partial charge on any atom is 0.127 e. The Balaban J connectivity index is 3.08. The van der Waals surface area contributed by atoms with Crippen molar-refractivity contribution in [1.29, 1.82) is 0 Å². The molecule has 76 valence electrons. The highest BCUT2D eigenvalue weighted by molar-refractivity contribution is 5.33. The Morgan fingerprint density at radius 2 is 2.21 bits per heavy atom. The van der Waals surface area contributed by atoms with Crippen molar-refractivity contribution in [3.8, 4) is 5.75 Å². The van der Waals surface area contributed by atoms with E-state index in [1.807, 2.05) is 0 Å². The van der Waals surface area contributed by atoms with Crippen molar-refractivity contribution in [2.75, 3.05) is 7.11 Å². The molecule has 0 aliphatic heterocycles. The summed E-state index contributed by atoms with van der Waals surface area (Å²) >= 11 is 0. The zero-order valence-electron chi connectivity index (χ0n) is 7.83. The van der Waals surface area contributed by atoms with E-state index in [1.54, 1.807) is 6.07 Å². The van der Waals surface area contributed by atoms with Crippen molar-refractivity contribution >= 4 is 0 Å². The summed E-state index contributed by atoms with van der Waals surface area (Å²) in [6.07, 6.45) is 0. The van der Waals surface area contributed by atoms with Crippen LogP contribution in [0.15, 0.2) is 30.5 Å². The largest absolute Gasteiger partial charge is 0.511 e. The number of halogens is 1. The highest BCUT2D eigenvalue weighted by atomic mass is 19.1. The second-order valence-electron chi connectivity index (χ2n) is 2.89. The average Bonchev–Trinajstić information content (AvgIpc) is 2.15. The Kier molecular flexibility index (Phi) is 3.09. The molecule has 0 saturated heterocycles. The van der Waals surface area contributed by atoms with E-state index in [4.69, 9.17) is 15.6 Å². The zero-order valence-corrected chi connectivity index (χ0v) is 7.83. The van der Waals surface area contributed by atoms with Gasteiger partial charge in [-0.2, -0.15) is 0 Å². The number of methoxy groups -OCH3 is 1. The van der Waals surface area contributed by atoms with Crippen molar-refractivity contribution in [3.05, 3.63) is 41.9 Å². The lowest BCUT2D eigenvalue weighted by Crippen LogP contribution is -2.12. The number of nitrogens with two attached hydrogens (primary N) is 1. The van der Waals surface area contributed by atoms with Gasteiger partial charge in [0.15, 0.2) is 0 Å². The minimum atomic E-state index is -0.792. The molecule has 1 aromatic rings. The van der Waals surface area contributed by atoms with Gasteiger partial charge in [0.25, 0.3) is 0 Å². The lowest BCUT2D eigenvalue weighted by atomic mass is 10.1. The van der Waals surface area contributed by atoms with Gasteiger partial charge in [-0.15, -0.1) is 0 Å². The van der Waals surface area contributed by atoms with E-state index in [1.165, 1.54) is 19.2 Å². The van der Waals surface area contributed by atoms with E-state index in [9.17, 15) is 4.39 Å². The molecule has 0 fully saturated rings. The molecule has 3 nitrogen and oxygen atoms in total. The van der Waals surface area contributed by atoms with Gasteiger partial charge in [-0.1, -0.05) is 6.58 Å². The number of aliphatic hydroxyl groups excluding tert-OH is 1. The van der Waals surface area contributed by atoms with Gasteiger partial charge in [0.2, 0.25) is 0 Å². The van der Waals surface area contributed by atoms with Crippen molar-refractivity contribution in [3.63, 3.8) is 0 Å². The lowest BCUT2D eigenvalue weighted by molar-refractivity contribution is 0.371. The van der Waals surface area contributed by atoms with Crippen LogP contribution in [0.2, 0.25) is 0 Å². The van der Waals surface area contributed by atoms with Gasteiger partial charge in [0.05, 0.1) is 13.2 Å².